The van der Waals surface area contributed by atoms with Gasteiger partial charge in [-0.15, -0.1) is 22.9 Å². The molecule has 1 unspecified atom stereocenters. The fraction of sp³-hybridized carbons (Fsp3) is 0.636. The topological polar surface area (TPSA) is 46.6 Å². The molecular weight excluding hydrogens is 294 g/mol. The molecule has 1 aromatic heterocycles. The number of hydrogen-bond donors (Lipinski definition) is 0. The van der Waals surface area contributed by atoms with Crippen LogP contribution in [-0.2, 0) is 20.6 Å². The van der Waals surface area contributed by atoms with Crippen LogP contribution in [0, 0.1) is 5.92 Å². The van der Waals surface area contributed by atoms with Gasteiger partial charge in [-0.2, -0.15) is 4.31 Å². The van der Waals surface area contributed by atoms with E-state index in [2.05, 4.69) is 0 Å². The molecule has 2 rings (SSSR count). The molecule has 1 saturated heterocycles. The third-order valence-corrected chi connectivity index (χ3v) is 6.88. The van der Waals surface area contributed by atoms with Gasteiger partial charge in [-0.1, -0.05) is 0 Å². The van der Waals surface area contributed by atoms with Crippen molar-refractivity contribution in [2.24, 2.45) is 5.92 Å². The van der Waals surface area contributed by atoms with Gasteiger partial charge in [0.2, 0.25) is 0 Å². The molecule has 0 aliphatic carbocycles. The Labute approximate surface area is 117 Å². The molecule has 4 nitrogen and oxygen atoms in total. The van der Waals surface area contributed by atoms with E-state index in [1.54, 1.807) is 23.5 Å². The third-order valence-electron chi connectivity index (χ3n) is 3.01. The smallest absolute Gasteiger partial charge is 0.252 e. The minimum Gasteiger partial charge on any atom is -0.384 e. The fourth-order valence-electron chi connectivity index (χ4n) is 2.08. The van der Waals surface area contributed by atoms with E-state index in [1.165, 1.54) is 11.3 Å². The van der Waals surface area contributed by atoms with E-state index in [0.717, 1.165) is 11.3 Å². The highest BCUT2D eigenvalue weighted by atomic mass is 35.5. The number of nitrogens with zero attached hydrogens (tertiary/aromatic N) is 1. The van der Waals surface area contributed by atoms with Crippen molar-refractivity contribution in [1.29, 1.82) is 0 Å². The Morgan fingerprint density at radius 3 is 2.94 bits per heavy atom. The first kappa shape index (κ1) is 14.3. The van der Waals surface area contributed by atoms with Crippen molar-refractivity contribution in [2.75, 3.05) is 26.8 Å². The summed E-state index contributed by atoms with van der Waals surface area (Å²) in [5.41, 5.74) is 0. The lowest BCUT2D eigenvalue weighted by atomic mass is 10.1. The lowest BCUT2D eigenvalue weighted by molar-refractivity contribution is 0.157. The van der Waals surface area contributed by atoms with Gasteiger partial charge in [0.05, 0.1) is 12.5 Å². The quantitative estimate of drug-likeness (QED) is 0.783. The van der Waals surface area contributed by atoms with Crippen molar-refractivity contribution >= 4 is 33.0 Å². The second kappa shape index (κ2) is 5.88. The van der Waals surface area contributed by atoms with Crippen molar-refractivity contribution in [3.05, 3.63) is 17.0 Å². The van der Waals surface area contributed by atoms with E-state index in [9.17, 15) is 8.42 Å². The van der Waals surface area contributed by atoms with Crippen LogP contribution in [0.4, 0.5) is 0 Å². The largest absolute Gasteiger partial charge is 0.384 e. The van der Waals surface area contributed by atoms with Crippen LogP contribution in [0.1, 0.15) is 11.3 Å². The summed E-state index contributed by atoms with van der Waals surface area (Å²) in [6.45, 7) is 1.73. The van der Waals surface area contributed by atoms with Crippen LogP contribution in [0.2, 0.25) is 0 Å². The molecular formula is C11H16ClNO3S2. The van der Waals surface area contributed by atoms with E-state index in [-0.39, 0.29) is 0 Å². The van der Waals surface area contributed by atoms with Gasteiger partial charge in [-0.05, 0) is 24.5 Å². The number of methoxy groups -OCH3 is 1. The summed E-state index contributed by atoms with van der Waals surface area (Å²) >= 11 is 6.95. The minimum absolute atomic E-state index is 0.303. The summed E-state index contributed by atoms with van der Waals surface area (Å²) in [4.78, 5) is 0.878. The maximum absolute atomic E-state index is 12.4. The highest BCUT2D eigenvalue weighted by Gasteiger charge is 2.33. The number of ether oxygens (including phenoxy) is 1. The number of alkyl halides is 1. The lowest BCUT2D eigenvalue weighted by Gasteiger charge is -2.15. The van der Waals surface area contributed by atoms with E-state index < -0.39 is 10.0 Å². The van der Waals surface area contributed by atoms with Crippen LogP contribution in [0.15, 0.2) is 16.3 Å². The molecule has 1 aromatic rings. The monoisotopic (exact) mass is 309 g/mol. The summed E-state index contributed by atoms with van der Waals surface area (Å²) in [5, 5.41) is 0. The first-order valence-electron chi connectivity index (χ1n) is 5.71. The predicted molar refractivity (Wildman–Crippen MR) is 72.6 cm³/mol. The summed E-state index contributed by atoms with van der Waals surface area (Å²) in [5.74, 6) is 0.657. The van der Waals surface area contributed by atoms with Crippen molar-refractivity contribution in [3.63, 3.8) is 0 Å². The molecule has 0 aromatic carbocycles. The average Bonchev–Trinajstić information content (AvgIpc) is 2.98. The van der Waals surface area contributed by atoms with Crippen LogP contribution < -0.4 is 0 Å². The molecule has 0 radical (unpaired) electrons. The highest BCUT2D eigenvalue weighted by molar-refractivity contribution is 7.91. The molecule has 0 saturated carbocycles. The first-order valence-corrected chi connectivity index (χ1v) is 8.50. The van der Waals surface area contributed by atoms with Gasteiger partial charge in [0, 0.05) is 25.1 Å². The lowest BCUT2D eigenvalue weighted by Crippen LogP contribution is -2.28. The molecule has 0 N–H and O–H groups in total. The van der Waals surface area contributed by atoms with E-state index in [1.807, 2.05) is 0 Å². The van der Waals surface area contributed by atoms with Crippen LogP contribution in [0.5, 0.6) is 0 Å². The molecule has 1 atom stereocenters. The predicted octanol–water partition coefficient (Wildman–Crippen LogP) is 2.14. The number of halogens is 1. The number of sulfonamides is 1. The maximum Gasteiger partial charge on any atom is 0.252 e. The Kier molecular flexibility index (Phi) is 4.66. The van der Waals surface area contributed by atoms with Gasteiger partial charge in [0.15, 0.2) is 0 Å². The van der Waals surface area contributed by atoms with Crippen molar-refractivity contribution in [1.82, 2.24) is 4.31 Å². The molecule has 18 heavy (non-hydrogen) atoms. The number of thiophene rings is 1. The number of hydrogen-bond acceptors (Lipinski definition) is 4. The van der Waals surface area contributed by atoms with Gasteiger partial charge in [-0.3, -0.25) is 0 Å². The molecule has 0 amide bonds. The highest BCUT2D eigenvalue weighted by Crippen LogP contribution is 2.29. The van der Waals surface area contributed by atoms with E-state index >= 15 is 0 Å². The molecule has 1 aliphatic heterocycles. The Morgan fingerprint density at radius 1 is 1.56 bits per heavy atom. The van der Waals surface area contributed by atoms with Gasteiger partial charge in [0.25, 0.3) is 10.0 Å². The van der Waals surface area contributed by atoms with E-state index in [0.29, 0.717) is 35.7 Å². The van der Waals surface area contributed by atoms with Crippen LogP contribution >= 0.6 is 22.9 Å². The Bertz CT molecular complexity index is 500. The van der Waals surface area contributed by atoms with E-state index in [4.69, 9.17) is 16.3 Å². The Morgan fingerprint density at radius 2 is 2.33 bits per heavy atom. The summed E-state index contributed by atoms with van der Waals surface area (Å²) in [6.07, 6.45) is 0.862. The molecule has 0 spiro atoms. The van der Waals surface area contributed by atoms with Crippen molar-refractivity contribution < 1.29 is 13.2 Å². The minimum atomic E-state index is -3.34. The van der Waals surface area contributed by atoms with Gasteiger partial charge in [-0.25, -0.2) is 8.42 Å². The molecule has 0 bridgehead atoms. The summed E-state index contributed by atoms with van der Waals surface area (Å²) in [7, 11) is -1.70. The van der Waals surface area contributed by atoms with Gasteiger partial charge >= 0.3 is 0 Å². The Balaban J connectivity index is 2.12. The van der Waals surface area contributed by atoms with Crippen LogP contribution in [0.25, 0.3) is 0 Å². The normalized spacial score (nSPS) is 21.6. The number of rotatable bonds is 5. The summed E-state index contributed by atoms with van der Waals surface area (Å²) in [6, 6.07) is 3.41. The molecule has 2 heterocycles. The SMILES string of the molecule is COCC1CCN(S(=O)(=O)c2ccc(CCl)s2)C1. The second-order valence-corrected chi connectivity index (χ2v) is 7.93. The molecule has 1 fully saturated rings. The third kappa shape index (κ3) is 2.88. The van der Waals surface area contributed by atoms with Crippen LogP contribution in [0.3, 0.4) is 0 Å². The van der Waals surface area contributed by atoms with Gasteiger partial charge in [0.1, 0.15) is 4.21 Å². The van der Waals surface area contributed by atoms with Crippen LogP contribution in [-0.4, -0.2) is 39.5 Å². The van der Waals surface area contributed by atoms with Crippen molar-refractivity contribution in [2.45, 2.75) is 16.5 Å². The second-order valence-electron chi connectivity index (χ2n) is 4.33. The molecule has 7 heteroatoms. The first-order chi connectivity index (χ1) is 8.57. The zero-order valence-electron chi connectivity index (χ0n) is 10.1. The summed E-state index contributed by atoms with van der Waals surface area (Å²) < 4.78 is 31.7. The molecule has 1 aliphatic rings. The Hall–Kier alpha value is -0.140. The maximum atomic E-state index is 12.4. The van der Waals surface area contributed by atoms with Gasteiger partial charge < -0.3 is 4.74 Å². The zero-order valence-corrected chi connectivity index (χ0v) is 12.5. The van der Waals surface area contributed by atoms with Crippen molar-refractivity contribution in [3.8, 4) is 0 Å². The molecule has 102 valence electrons. The standard InChI is InChI=1S/C11H16ClNO3S2/c1-16-8-9-4-5-13(7-9)18(14,15)11-3-2-10(6-12)17-11/h2-3,9H,4-8H2,1H3. The fourth-order valence-corrected chi connectivity index (χ4v) is 5.23. The average molecular weight is 310 g/mol. The zero-order chi connectivity index (χ0) is 13.2.